The minimum atomic E-state index is -0.257. The van der Waals surface area contributed by atoms with Gasteiger partial charge < -0.3 is 4.79 Å². The predicted octanol–water partition coefficient (Wildman–Crippen LogP) is 1.45. The lowest BCUT2D eigenvalue weighted by Crippen LogP contribution is -2.19. The Balaban J connectivity index is 1.92. The van der Waals surface area contributed by atoms with Crippen LogP contribution in [0.2, 0.25) is 0 Å². The molecule has 2 fully saturated rings. The maximum atomic E-state index is 10.8. The number of hydrogen-bond acceptors (Lipinski definition) is 2. The molecule has 3 rings (SSSR count). The van der Waals surface area contributed by atoms with E-state index in [0.717, 1.165) is 19.1 Å². The highest BCUT2D eigenvalue weighted by Crippen LogP contribution is 2.43. The van der Waals surface area contributed by atoms with E-state index in [-0.39, 0.29) is 5.54 Å². The second kappa shape index (κ2) is 2.22. The molecule has 3 heteroatoms. The minimum absolute atomic E-state index is 0.257. The predicted molar refractivity (Wildman–Crippen MR) is 47.5 cm³/mol. The van der Waals surface area contributed by atoms with Crippen molar-refractivity contribution in [1.29, 1.82) is 0 Å². The first-order valence-corrected chi connectivity index (χ1v) is 4.86. The van der Waals surface area contributed by atoms with E-state index >= 15 is 0 Å². The normalized spacial score (nSPS) is 24.3. The first-order chi connectivity index (χ1) is 6.34. The molecule has 0 atom stereocenters. The van der Waals surface area contributed by atoms with Crippen LogP contribution >= 0.6 is 0 Å². The maximum absolute atomic E-state index is 10.8. The standard InChI is InChI=1S/C10H12N2O/c13-7-10(4-5-10)12-6-3-9(11-12)8-1-2-8/h3,6-8H,1-2,4-5H2. The van der Waals surface area contributed by atoms with Gasteiger partial charge in [0.25, 0.3) is 0 Å². The van der Waals surface area contributed by atoms with Gasteiger partial charge in [0, 0.05) is 12.1 Å². The summed E-state index contributed by atoms with van der Waals surface area (Å²) in [6.45, 7) is 0. The van der Waals surface area contributed by atoms with Crippen molar-refractivity contribution in [3.8, 4) is 0 Å². The van der Waals surface area contributed by atoms with Crippen LogP contribution in [0, 0.1) is 0 Å². The second-order valence-corrected chi connectivity index (χ2v) is 4.18. The third-order valence-corrected chi connectivity index (χ3v) is 3.04. The van der Waals surface area contributed by atoms with Gasteiger partial charge in [0.2, 0.25) is 0 Å². The summed E-state index contributed by atoms with van der Waals surface area (Å²) in [6, 6.07) is 2.06. The average molecular weight is 176 g/mol. The van der Waals surface area contributed by atoms with Crippen LogP contribution in [0.4, 0.5) is 0 Å². The van der Waals surface area contributed by atoms with Crippen LogP contribution in [-0.4, -0.2) is 16.1 Å². The summed E-state index contributed by atoms with van der Waals surface area (Å²) in [7, 11) is 0. The summed E-state index contributed by atoms with van der Waals surface area (Å²) in [4.78, 5) is 10.8. The third-order valence-electron chi connectivity index (χ3n) is 3.04. The minimum Gasteiger partial charge on any atom is -0.301 e. The van der Waals surface area contributed by atoms with Gasteiger partial charge in [-0.3, -0.25) is 4.68 Å². The first kappa shape index (κ1) is 7.30. The van der Waals surface area contributed by atoms with E-state index < -0.39 is 0 Å². The molecule has 1 heterocycles. The highest BCUT2D eigenvalue weighted by atomic mass is 16.1. The fourth-order valence-electron chi connectivity index (χ4n) is 1.71. The Hall–Kier alpha value is -1.12. The molecule has 0 radical (unpaired) electrons. The lowest BCUT2D eigenvalue weighted by atomic mass is 10.3. The fraction of sp³-hybridized carbons (Fsp3) is 0.600. The molecule has 1 aromatic heterocycles. The van der Waals surface area contributed by atoms with Crippen molar-refractivity contribution in [3.05, 3.63) is 18.0 Å². The van der Waals surface area contributed by atoms with Crippen molar-refractivity contribution < 1.29 is 4.79 Å². The molecule has 2 aliphatic carbocycles. The molecule has 0 aliphatic heterocycles. The van der Waals surface area contributed by atoms with Crippen molar-refractivity contribution in [2.24, 2.45) is 0 Å². The highest BCUT2D eigenvalue weighted by molar-refractivity contribution is 5.65. The third kappa shape index (κ3) is 1.03. The molecular formula is C10H12N2O. The van der Waals surface area contributed by atoms with Crippen molar-refractivity contribution in [3.63, 3.8) is 0 Å². The van der Waals surface area contributed by atoms with Gasteiger partial charge in [-0.15, -0.1) is 0 Å². The van der Waals surface area contributed by atoms with E-state index in [4.69, 9.17) is 0 Å². The monoisotopic (exact) mass is 176 g/mol. The topological polar surface area (TPSA) is 34.9 Å². The molecule has 1 aromatic rings. The lowest BCUT2D eigenvalue weighted by Gasteiger charge is -2.06. The zero-order chi connectivity index (χ0) is 8.89. The Morgan fingerprint density at radius 2 is 2.31 bits per heavy atom. The van der Waals surface area contributed by atoms with E-state index in [1.54, 1.807) is 0 Å². The Kier molecular flexibility index (Phi) is 1.25. The van der Waals surface area contributed by atoms with Crippen LogP contribution < -0.4 is 0 Å². The van der Waals surface area contributed by atoms with Gasteiger partial charge in [-0.2, -0.15) is 5.10 Å². The molecule has 13 heavy (non-hydrogen) atoms. The summed E-state index contributed by atoms with van der Waals surface area (Å²) in [5, 5.41) is 4.46. The molecule has 68 valence electrons. The highest BCUT2D eigenvalue weighted by Gasteiger charge is 2.45. The molecule has 0 saturated heterocycles. The van der Waals surface area contributed by atoms with Crippen LogP contribution in [-0.2, 0) is 10.3 Å². The number of carbonyl (C=O) groups excluding carboxylic acids is 1. The molecule has 2 aliphatic rings. The van der Waals surface area contributed by atoms with Gasteiger partial charge >= 0.3 is 0 Å². The Morgan fingerprint density at radius 1 is 1.54 bits per heavy atom. The van der Waals surface area contributed by atoms with Crippen molar-refractivity contribution >= 4 is 6.29 Å². The molecule has 0 spiro atoms. The molecule has 3 nitrogen and oxygen atoms in total. The second-order valence-electron chi connectivity index (χ2n) is 4.18. The number of carbonyl (C=O) groups is 1. The van der Waals surface area contributed by atoms with E-state index in [1.165, 1.54) is 18.5 Å². The number of aldehydes is 1. The molecule has 0 unspecified atom stereocenters. The lowest BCUT2D eigenvalue weighted by molar-refractivity contribution is -0.111. The average Bonchev–Trinajstić information content (AvgIpc) is 3.07. The van der Waals surface area contributed by atoms with E-state index in [9.17, 15) is 4.79 Å². The van der Waals surface area contributed by atoms with Crippen molar-refractivity contribution in [2.45, 2.75) is 37.1 Å². The van der Waals surface area contributed by atoms with Gasteiger partial charge in [0.1, 0.15) is 11.8 Å². The van der Waals surface area contributed by atoms with Crippen LogP contribution in [0.3, 0.4) is 0 Å². The summed E-state index contributed by atoms with van der Waals surface area (Å²) < 4.78 is 1.85. The summed E-state index contributed by atoms with van der Waals surface area (Å²) in [5.74, 6) is 0.684. The largest absolute Gasteiger partial charge is 0.301 e. The molecule has 0 N–H and O–H groups in total. The fourth-order valence-corrected chi connectivity index (χ4v) is 1.71. The number of nitrogens with zero attached hydrogens (tertiary/aromatic N) is 2. The molecule has 0 amide bonds. The van der Waals surface area contributed by atoms with Gasteiger partial charge in [-0.1, -0.05) is 0 Å². The van der Waals surface area contributed by atoms with Crippen LogP contribution in [0.25, 0.3) is 0 Å². The van der Waals surface area contributed by atoms with Crippen LogP contribution in [0.15, 0.2) is 12.3 Å². The van der Waals surface area contributed by atoms with E-state index in [2.05, 4.69) is 11.2 Å². The van der Waals surface area contributed by atoms with Gasteiger partial charge in [0.15, 0.2) is 0 Å². The zero-order valence-corrected chi connectivity index (χ0v) is 7.44. The summed E-state index contributed by atoms with van der Waals surface area (Å²) in [6.07, 6.45) is 7.45. The van der Waals surface area contributed by atoms with Crippen LogP contribution in [0.5, 0.6) is 0 Å². The Morgan fingerprint density at radius 3 is 2.85 bits per heavy atom. The van der Waals surface area contributed by atoms with Crippen LogP contribution in [0.1, 0.15) is 37.3 Å². The summed E-state index contributed by atoms with van der Waals surface area (Å²) >= 11 is 0. The first-order valence-electron chi connectivity index (χ1n) is 4.86. The number of aromatic nitrogens is 2. The van der Waals surface area contributed by atoms with Gasteiger partial charge in [-0.05, 0) is 31.7 Å². The Bertz CT molecular complexity index is 348. The Labute approximate surface area is 76.7 Å². The SMILES string of the molecule is O=CC1(n2ccc(C3CC3)n2)CC1. The molecule has 0 aromatic carbocycles. The van der Waals surface area contributed by atoms with Crippen molar-refractivity contribution in [2.75, 3.05) is 0 Å². The number of rotatable bonds is 3. The quantitative estimate of drug-likeness (QED) is 0.653. The maximum Gasteiger partial charge on any atom is 0.147 e. The van der Waals surface area contributed by atoms with Crippen molar-refractivity contribution in [1.82, 2.24) is 9.78 Å². The number of hydrogen-bond donors (Lipinski definition) is 0. The smallest absolute Gasteiger partial charge is 0.147 e. The van der Waals surface area contributed by atoms with E-state index in [0.29, 0.717) is 5.92 Å². The molecule has 0 bridgehead atoms. The molecular weight excluding hydrogens is 164 g/mol. The zero-order valence-electron chi connectivity index (χ0n) is 7.44. The summed E-state index contributed by atoms with van der Waals surface area (Å²) in [5.41, 5.74) is 0.917. The van der Waals surface area contributed by atoms with Gasteiger partial charge in [0.05, 0.1) is 5.69 Å². The molecule has 2 saturated carbocycles. The van der Waals surface area contributed by atoms with Gasteiger partial charge in [-0.25, -0.2) is 0 Å². The van der Waals surface area contributed by atoms with E-state index in [1.807, 2.05) is 10.9 Å².